The Morgan fingerprint density at radius 1 is 0.944 bits per heavy atom. The highest BCUT2D eigenvalue weighted by molar-refractivity contribution is 5.53. The van der Waals surface area contributed by atoms with Crippen LogP contribution in [0.2, 0.25) is 0 Å². The Hall–Kier alpha value is -2.49. The lowest BCUT2D eigenvalue weighted by Crippen LogP contribution is -2.03. The van der Waals surface area contributed by atoms with Crippen molar-refractivity contribution >= 4 is 0 Å². The molecule has 0 spiro atoms. The zero-order valence-electron chi connectivity index (χ0n) is 9.77. The molecule has 4 nitrogen and oxygen atoms in total. The number of hydrogen-bond acceptors (Lipinski definition) is 3. The number of hydrogen-bond donors (Lipinski definition) is 0. The Bertz CT molecular complexity index is 617. The van der Waals surface area contributed by atoms with Gasteiger partial charge in [-0.05, 0) is 17.7 Å². The second-order valence-electron chi connectivity index (χ2n) is 3.96. The van der Waals surface area contributed by atoms with Crippen LogP contribution in [0.4, 0.5) is 0 Å². The zero-order valence-corrected chi connectivity index (χ0v) is 9.77. The summed E-state index contributed by atoms with van der Waals surface area (Å²) in [6, 6.07) is 14.1. The summed E-state index contributed by atoms with van der Waals surface area (Å²) in [6.45, 7) is 0.721. The van der Waals surface area contributed by atoms with Crippen molar-refractivity contribution in [3.05, 3.63) is 66.7 Å². The van der Waals surface area contributed by atoms with Crippen LogP contribution in [-0.4, -0.2) is 19.7 Å². The molecule has 3 rings (SSSR count). The summed E-state index contributed by atoms with van der Waals surface area (Å²) in [7, 11) is 0. The van der Waals surface area contributed by atoms with Crippen molar-refractivity contribution < 1.29 is 0 Å². The van der Waals surface area contributed by atoms with Gasteiger partial charge < -0.3 is 0 Å². The number of aromatic nitrogens is 4. The van der Waals surface area contributed by atoms with E-state index in [1.54, 1.807) is 18.7 Å². The van der Waals surface area contributed by atoms with Crippen LogP contribution in [0.5, 0.6) is 0 Å². The molecule has 0 aliphatic carbocycles. The normalized spacial score (nSPS) is 10.4. The van der Waals surface area contributed by atoms with Gasteiger partial charge in [0.05, 0.1) is 6.54 Å². The summed E-state index contributed by atoms with van der Waals surface area (Å²) in [6.07, 6.45) is 5.10. The number of benzene rings is 1. The maximum Gasteiger partial charge on any atom is 0.158 e. The van der Waals surface area contributed by atoms with Gasteiger partial charge in [-0.15, -0.1) is 0 Å². The van der Waals surface area contributed by atoms with Crippen LogP contribution in [0.15, 0.2) is 61.2 Å². The Balaban J connectivity index is 1.93. The van der Waals surface area contributed by atoms with Crippen molar-refractivity contribution in [1.29, 1.82) is 0 Å². The molecule has 0 aliphatic heterocycles. The molecule has 0 amide bonds. The first kappa shape index (κ1) is 10.7. The van der Waals surface area contributed by atoms with Gasteiger partial charge in [-0.2, -0.15) is 5.10 Å². The lowest BCUT2D eigenvalue weighted by atomic mass is 10.2. The van der Waals surface area contributed by atoms with Crippen LogP contribution in [0.3, 0.4) is 0 Å². The fourth-order valence-electron chi connectivity index (χ4n) is 1.86. The third kappa shape index (κ3) is 2.13. The van der Waals surface area contributed by atoms with Gasteiger partial charge in [0.15, 0.2) is 5.82 Å². The molecule has 2 aromatic heterocycles. The first-order chi connectivity index (χ1) is 8.93. The van der Waals surface area contributed by atoms with Crippen molar-refractivity contribution in [2.75, 3.05) is 0 Å². The van der Waals surface area contributed by atoms with Gasteiger partial charge in [-0.25, -0.2) is 9.67 Å². The smallest absolute Gasteiger partial charge is 0.158 e. The molecule has 0 radical (unpaired) electrons. The number of nitrogens with zero attached hydrogens (tertiary/aromatic N) is 4. The van der Waals surface area contributed by atoms with Crippen LogP contribution < -0.4 is 0 Å². The maximum absolute atomic E-state index is 4.31. The van der Waals surface area contributed by atoms with E-state index in [1.165, 1.54) is 5.56 Å². The molecule has 0 aliphatic rings. The zero-order chi connectivity index (χ0) is 12.2. The second kappa shape index (κ2) is 4.79. The van der Waals surface area contributed by atoms with Gasteiger partial charge in [0.2, 0.25) is 0 Å². The van der Waals surface area contributed by atoms with E-state index in [1.807, 2.05) is 35.0 Å². The average Bonchev–Trinajstić information content (AvgIpc) is 2.89. The molecular weight excluding hydrogens is 224 g/mol. The SMILES string of the molecule is c1ccc(Cn2ncnc2-c2ccncc2)cc1. The predicted octanol–water partition coefficient (Wildman–Crippen LogP) is 2.39. The quantitative estimate of drug-likeness (QED) is 0.701. The summed E-state index contributed by atoms with van der Waals surface area (Å²) >= 11 is 0. The monoisotopic (exact) mass is 236 g/mol. The largest absolute Gasteiger partial charge is 0.265 e. The number of rotatable bonds is 3. The fourth-order valence-corrected chi connectivity index (χ4v) is 1.86. The van der Waals surface area contributed by atoms with Gasteiger partial charge in [-0.3, -0.25) is 4.98 Å². The Morgan fingerprint density at radius 3 is 2.50 bits per heavy atom. The van der Waals surface area contributed by atoms with E-state index in [9.17, 15) is 0 Å². The Morgan fingerprint density at radius 2 is 1.72 bits per heavy atom. The van der Waals surface area contributed by atoms with Crippen LogP contribution in [0.25, 0.3) is 11.4 Å². The molecule has 88 valence electrons. The minimum absolute atomic E-state index is 0.721. The molecule has 0 saturated heterocycles. The van der Waals surface area contributed by atoms with Gasteiger partial charge in [0.1, 0.15) is 6.33 Å². The van der Waals surface area contributed by atoms with Gasteiger partial charge in [0, 0.05) is 18.0 Å². The molecule has 0 unspecified atom stereocenters. The highest BCUT2D eigenvalue weighted by Gasteiger charge is 2.06. The highest BCUT2D eigenvalue weighted by Crippen LogP contribution is 2.15. The molecular formula is C14H12N4. The molecule has 3 aromatic rings. The summed E-state index contributed by atoms with van der Waals surface area (Å²) in [5.74, 6) is 0.862. The molecule has 2 heterocycles. The van der Waals surface area contributed by atoms with Crippen molar-refractivity contribution in [1.82, 2.24) is 19.7 Å². The van der Waals surface area contributed by atoms with Crippen molar-refractivity contribution in [3.8, 4) is 11.4 Å². The van der Waals surface area contributed by atoms with Gasteiger partial charge in [0.25, 0.3) is 0 Å². The van der Waals surface area contributed by atoms with Crippen LogP contribution >= 0.6 is 0 Å². The minimum atomic E-state index is 0.721. The summed E-state index contributed by atoms with van der Waals surface area (Å²) in [4.78, 5) is 8.32. The van der Waals surface area contributed by atoms with Crippen molar-refractivity contribution in [3.63, 3.8) is 0 Å². The number of pyridine rings is 1. The molecule has 0 N–H and O–H groups in total. The summed E-state index contributed by atoms with van der Waals surface area (Å²) in [5, 5.41) is 4.27. The summed E-state index contributed by atoms with van der Waals surface area (Å²) < 4.78 is 1.89. The molecule has 0 fully saturated rings. The molecule has 0 atom stereocenters. The van der Waals surface area contributed by atoms with Crippen LogP contribution in [-0.2, 0) is 6.54 Å². The van der Waals surface area contributed by atoms with E-state index < -0.39 is 0 Å². The van der Waals surface area contributed by atoms with E-state index in [0.29, 0.717) is 0 Å². The Kier molecular flexibility index (Phi) is 2.84. The van der Waals surface area contributed by atoms with Crippen molar-refractivity contribution in [2.45, 2.75) is 6.54 Å². The third-order valence-corrected chi connectivity index (χ3v) is 2.73. The van der Waals surface area contributed by atoms with E-state index in [0.717, 1.165) is 17.9 Å². The predicted molar refractivity (Wildman–Crippen MR) is 68.8 cm³/mol. The minimum Gasteiger partial charge on any atom is -0.265 e. The molecule has 18 heavy (non-hydrogen) atoms. The third-order valence-electron chi connectivity index (χ3n) is 2.73. The average molecular weight is 236 g/mol. The van der Waals surface area contributed by atoms with Crippen LogP contribution in [0.1, 0.15) is 5.56 Å². The molecule has 4 heteroatoms. The molecule has 1 aromatic carbocycles. The van der Waals surface area contributed by atoms with E-state index in [2.05, 4.69) is 27.2 Å². The highest BCUT2D eigenvalue weighted by atomic mass is 15.3. The standard InChI is InChI=1S/C14H12N4/c1-2-4-12(5-3-1)10-18-14(16-11-17-18)13-6-8-15-9-7-13/h1-9,11H,10H2. The molecule has 0 bridgehead atoms. The maximum atomic E-state index is 4.31. The van der Waals surface area contributed by atoms with E-state index in [-0.39, 0.29) is 0 Å². The molecule has 0 saturated carbocycles. The Labute approximate surface area is 105 Å². The first-order valence-electron chi connectivity index (χ1n) is 5.75. The van der Waals surface area contributed by atoms with E-state index in [4.69, 9.17) is 0 Å². The van der Waals surface area contributed by atoms with Crippen LogP contribution in [0, 0.1) is 0 Å². The van der Waals surface area contributed by atoms with Crippen molar-refractivity contribution in [2.24, 2.45) is 0 Å². The second-order valence-corrected chi connectivity index (χ2v) is 3.96. The first-order valence-corrected chi connectivity index (χ1v) is 5.75. The van der Waals surface area contributed by atoms with E-state index >= 15 is 0 Å². The lowest BCUT2D eigenvalue weighted by molar-refractivity contribution is 0.693. The topological polar surface area (TPSA) is 43.6 Å². The van der Waals surface area contributed by atoms with Gasteiger partial charge in [-0.1, -0.05) is 30.3 Å². The lowest BCUT2D eigenvalue weighted by Gasteiger charge is -2.05. The fraction of sp³-hybridized carbons (Fsp3) is 0.0714. The van der Waals surface area contributed by atoms with Gasteiger partial charge >= 0.3 is 0 Å². The summed E-state index contributed by atoms with van der Waals surface area (Å²) in [5.41, 5.74) is 2.23.